The molecule has 6 nitrogen and oxygen atoms in total. The Morgan fingerprint density at radius 1 is 1.11 bits per heavy atom. The summed E-state index contributed by atoms with van der Waals surface area (Å²) in [6.45, 7) is 5.73. The Kier molecular flexibility index (Phi) is 7.83. The quantitative estimate of drug-likeness (QED) is 0.615. The lowest BCUT2D eigenvalue weighted by Crippen LogP contribution is -2.09. The van der Waals surface area contributed by atoms with Gasteiger partial charge >= 0.3 is 0 Å². The number of rotatable bonds is 10. The van der Waals surface area contributed by atoms with Gasteiger partial charge in [0.05, 0.1) is 13.2 Å². The lowest BCUT2D eigenvalue weighted by molar-refractivity contribution is 0.0705. The van der Waals surface area contributed by atoms with E-state index >= 15 is 0 Å². The minimum atomic E-state index is 0.644. The molecule has 0 fully saturated rings. The van der Waals surface area contributed by atoms with Gasteiger partial charge in [0.15, 0.2) is 0 Å². The van der Waals surface area contributed by atoms with Crippen LogP contribution in [0.25, 0.3) is 0 Å². The molecule has 1 heterocycles. The first kappa shape index (κ1) is 14.7. The predicted octanol–water partition coefficient (Wildman–Crippen LogP) is 1.37. The molecule has 18 heavy (non-hydrogen) atoms. The lowest BCUT2D eigenvalue weighted by atomic mass is 10.4. The van der Waals surface area contributed by atoms with E-state index in [-0.39, 0.29) is 0 Å². The van der Waals surface area contributed by atoms with E-state index in [1.807, 2.05) is 13.0 Å². The van der Waals surface area contributed by atoms with Crippen molar-refractivity contribution in [3.63, 3.8) is 0 Å². The van der Waals surface area contributed by atoms with Gasteiger partial charge in [0.1, 0.15) is 18.0 Å². The number of nitrogens with one attached hydrogen (secondary N) is 2. The highest BCUT2D eigenvalue weighted by molar-refractivity contribution is 5.46. The van der Waals surface area contributed by atoms with E-state index in [1.165, 1.54) is 0 Å². The topological polar surface area (TPSA) is 68.3 Å². The molecular weight excluding hydrogens is 232 g/mol. The summed E-state index contributed by atoms with van der Waals surface area (Å²) in [4.78, 5) is 8.25. The van der Waals surface area contributed by atoms with Crippen molar-refractivity contribution in [2.75, 3.05) is 50.7 Å². The summed E-state index contributed by atoms with van der Waals surface area (Å²) >= 11 is 0. The molecule has 102 valence electrons. The van der Waals surface area contributed by atoms with E-state index in [0.29, 0.717) is 13.2 Å². The summed E-state index contributed by atoms with van der Waals surface area (Å²) in [5.41, 5.74) is 0. The molecule has 0 saturated heterocycles. The second-order valence-corrected chi connectivity index (χ2v) is 3.70. The molecule has 0 aliphatic rings. The van der Waals surface area contributed by atoms with E-state index in [1.54, 1.807) is 13.4 Å². The molecule has 0 bridgehead atoms. The zero-order chi connectivity index (χ0) is 13.1. The number of ether oxygens (including phenoxy) is 2. The van der Waals surface area contributed by atoms with Crippen LogP contribution in [0.3, 0.4) is 0 Å². The van der Waals surface area contributed by atoms with Crippen LogP contribution >= 0.6 is 0 Å². The Morgan fingerprint density at radius 2 is 1.89 bits per heavy atom. The first-order chi connectivity index (χ1) is 8.86. The summed E-state index contributed by atoms with van der Waals surface area (Å²) in [6, 6.07) is 1.90. The van der Waals surface area contributed by atoms with Gasteiger partial charge in [-0.15, -0.1) is 0 Å². The summed E-state index contributed by atoms with van der Waals surface area (Å²) in [5.74, 6) is 1.67. The minimum absolute atomic E-state index is 0.644. The van der Waals surface area contributed by atoms with E-state index in [0.717, 1.165) is 37.8 Å². The fraction of sp³-hybridized carbons (Fsp3) is 0.667. The molecule has 0 amide bonds. The molecule has 1 rings (SSSR count). The molecule has 0 saturated carbocycles. The van der Waals surface area contributed by atoms with Crippen LogP contribution in [0.15, 0.2) is 12.4 Å². The van der Waals surface area contributed by atoms with Crippen molar-refractivity contribution < 1.29 is 9.47 Å². The zero-order valence-corrected chi connectivity index (χ0v) is 11.1. The number of hydrogen-bond donors (Lipinski definition) is 2. The van der Waals surface area contributed by atoms with Crippen LogP contribution in [0.5, 0.6) is 0 Å². The van der Waals surface area contributed by atoms with Crippen LogP contribution < -0.4 is 10.6 Å². The Morgan fingerprint density at radius 3 is 2.61 bits per heavy atom. The van der Waals surface area contributed by atoms with Crippen molar-refractivity contribution >= 4 is 11.6 Å². The lowest BCUT2D eigenvalue weighted by Gasteiger charge is -2.07. The van der Waals surface area contributed by atoms with Gasteiger partial charge in [0.2, 0.25) is 0 Å². The van der Waals surface area contributed by atoms with Crippen molar-refractivity contribution in [3.8, 4) is 0 Å². The van der Waals surface area contributed by atoms with Crippen molar-refractivity contribution in [2.45, 2.75) is 13.3 Å². The molecule has 0 spiro atoms. The fourth-order valence-corrected chi connectivity index (χ4v) is 1.37. The van der Waals surface area contributed by atoms with Gasteiger partial charge < -0.3 is 20.1 Å². The Bertz CT molecular complexity index is 323. The van der Waals surface area contributed by atoms with Gasteiger partial charge in [0.25, 0.3) is 0 Å². The molecule has 0 atom stereocenters. The highest BCUT2D eigenvalue weighted by Crippen LogP contribution is 2.07. The minimum Gasteiger partial charge on any atom is -0.382 e. The number of anilines is 2. The molecule has 0 aromatic carbocycles. The van der Waals surface area contributed by atoms with Gasteiger partial charge in [-0.25, -0.2) is 9.97 Å². The van der Waals surface area contributed by atoms with E-state index in [9.17, 15) is 0 Å². The molecule has 0 radical (unpaired) electrons. The smallest absolute Gasteiger partial charge is 0.131 e. The number of methoxy groups -OCH3 is 1. The molecule has 1 aromatic rings. The maximum atomic E-state index is 5.36. The number of aromatic nitrogens is 2. The SMILES string of the molecule is CCNc1cc(NCCCOCCOC)ncn1. The number of hydrogen-bond acceptors (Lipinski definition) is 6. The second kappa shape index (κ2) is 9.61. The second-order valence-electron chi connectivity index (χ2n) is 3.70. The molecule has 2 N–H and O–H groups in total. The standard InChI is InChI=1S/C12H22N4O2/c1-3-13-11-9-12(16-10-15-11)14-5-4-6-18-8-7-17-2/h9-10H,3-8H2,1-2H3,(H2,13,14,15,16). The summed E-state index contributed by atoms with van der Waals surface area (Å²) in [6.07, 6.45) is 2.49. The largest absolute Gasteiger partial charge is 0.382 e. The average molecular weight is 254 g/mol. The average Bonchev–Trinajstić information content (AvgIpc) is 2.39. The van der Waals surface area contributed by atoms with Crippen LogP contribution in [-0.4, -0.2) is 50.0 Å². The first-order valence-corrected chi connectivity index (χ1v) is 6.23. The van der Waals surface area contributed by atoms with Gasteiger partial charge in [0, 0.05) is 32.9 Å². The molecule has 0 unspecified atom stereocenters. The Balaban J connectivity index is 2.13. The van der Waals surface area contributed by atoms with Gasteiger partial charge in [-0.2, -0.15) is 0 Å². The van der Waals surface area contributed by atoms with Crippen LogP contribution in [0, 0.1) is 0 Å². The van der Waals surface area contributed by atoms with Crippen LogP contribution in [-0.2, 0) is 9.47 Å². The molecule has 0 aliphatic heterocycles. The van der Waals surface area contributed by atoms with Crippen LogP contribution in [0.1, 0.15) is 13.3 Å². The van der Waals surface area contributed by atoms with Crippen LogP contribution in [0.2, 0.25) is 0 Å². The predicted molar refractivity (Wildman–Crippen MR) is 72.0 cm³/mol. The molecule has 6 heteroatoms. The first-order valence-electron chi connectivity index (χ1n) is 6.23. The fourth-order valence-electron chi connectivity index (χ4n) is 1.37. The van der Waals surface area contributed by atoms with Crippen molar-refractivity contribution in [1.82, 2.24) is 9.97 Å². The summed E-state index contributed by atoms with van der Waals surface area (Å²) in [5, 5.41) is 6.37. The summed E-state index contributed by atoms with van der Waals surface area (Å²) < 4.78 is 10.3. The Hall–Kier alpha value is -1.40. The van der Waals surface area contributed by atoms with Gasteiger partial charge in [-0.05, 0) is 13.3 Å². The van der Waals surface area contributed by atoms with Crippen molar-refractivity contribution in [2.24, 2.45) is 0 Å². The van der Waals surface area contributed by atoms with E-state index in [4.69, 9.17) is 9.47 Å². The summed E-state index contributed by atoms with van der Waals surface area (Å²) in [7, 11) is 1.67. The van der Waals surface area contributed by atoms with Crippen molar-refractivity contribution in [3.05, 3.63) is 12.4 Å². The monoisotopic (exact) mass is 254 g/mol. The highest BCUT2D eigenvalue weighted by Gasteiger charge is 1.97. The van der Waals surface area contributed by atoms with E-state index in [2.05, 4.69) is 20.6 Å². The van der Waals surface area contributed by atoms with Crippen LogP contribution in [0.4, 0.5) is 11.6 Å². The zero-order valence-electron chi connectivity index (χ0n) is 11.1. The normalized spacial score (nSPS) is 10.3. The third-order valence-electron chi connectivity index (χ3n) is 2.23. The molecule has 0 aliphatic carbocycles. The van der Waals surface area contributed by atoms with Gasteiger partial charge in [-0.1, -0.05) is 0 Å². The molecule has 1 aromatic heterocycles. The maximum absolute atomic E-state index is 5.36. The van der Waals surface area contributed by atoms with E-state index < -0.39 is 0 Å². The number of nitrogens with zero attached hydrogens (tertiary/aromatic N) is 2. The maximum Gasteiger partial charge on any atom is 0.131 e. The molecular formula is C12H22N4O2. The Labute approximate surface area is 108 Å². The van der Waals surface area contributed by atoms with Crippen molar-refractivity contribution in [1.29, 1.82) is 0 Å². The third kappa shape index (κ3) is 6.36. The highest BCUT2D eigenvalue weighted by atomic mass is 16.5. The van der Waals surface area contributed by atoms with Gasteiger partial charge in [-0.3, -0.25) is 0 Å². The third-order valence-corrected chi connectivity index (χ3v) is 2.23.